The Labute approximate surface area is 68.4 Å². The van der Waals surface area contributed by atoms with Gasteiger partial charge >= 0.3 is 0 Å². The summed E-state index contributed by atoms with van der Waals surface area (Å²) >= 11 is 0. The predicted octanol–water partition coefficient (Wildman–Crippen LogP) is 1.36. The molecule has 0 saturated heterocycles. The Morgan fingerprint density at radius 1 is 1.45 bits per heavy atom. The highest BCUT2D eigenvalue weighted by atomic mass is 15.7. The Hall–Kier alpha value is -0.700. The van der Waals surface area contributed by atoms with Crippen LogP contribution in [-0.2, 0) is 0 Å². The molecule has 3 heteroatoms. The summed E-state index contributed by atoms with van der Waals surface area (Å²) in [4.78, 5) is 0. The van der Waals surface area contributed by atoms with E-state index in [4.69, 9.17) is 0 Å². The van der Waals surface area contributed by atoms with Crippen LogP contribution in [0.2, 0.25) is 0 Å². The molecule has 0 aliphatic carbocycles. The molecule has 1 aliphatic heterocycles. The van der Waals surface area contributed by atoms with Gasteiger partial charge in [0.2, 0.25) is 0 Å². The van der Waals surface area contributed by atoms with Gasteiger partial charge in [-0.05, 0) is 12.8 Å². The number of allylic oxidation sites excluding steroid dienone is 1. The molecule has 64 valence electrons. The Balaban J connectivity index is 2.22. The Morgan fingerprint density at radius 2 is 2.27 bits per heavy atom. The standard InChI is InChI=1S/C8H17N3/c1-3-5-6-11-7-8(4-2)9-10-11/h7,9-10H,3-6H2,1-2H3. The summed E-state index contributed by atoms with van der Waals surface area (Å²) in [5.74, 6) is 0. The molecule has 0 amide bonds. The lowest BCUT2D eigenvalue weighted by molar-refractivity contribution is 0.266. The number of rotatable bonds is 4. The zero-order valence-electron chi connectivity index (χ0n) is 7.35. The number of hydrogen-bond acceptors (Lipinski definition) is 3. The van der Waals surface area contributed by atoms with E-state index in [-0.39, 0.29) is 0 Å². The van der Waals surface area contributed by atoms with Crippen LogP contribution in [0.3, 0.4) is 0 Å². The average Bonchev–Trinajstić information content (AvgIpc) is 2.48. The van der Waals surface area contributed by atoms with Crippen LogP contribution in [0.15, 0.2) is 11.9 Å². The van der Waals surface area contributed by atoms with Crippen LogP contribution in [0.1, 0.15) is 33.1 Å². The molecular formula is C8H17N3. The van der Waals surface area contributed by atoms with Gasteiger partial charge in [0.1, 0.15) is 0 Å². The molecule has 1 aliphatic rings. The van der Waals surface area contributed by atoms with Gasteiger partial charge in [-0.15, -0.1) is 5.53 Å². The van der Waals surface area contributed by atoms with Crippen molar-refractivity contribution in [1.29, 1.82) is 0 Å². The van der Waals surface area contributed by atoms with Crippen molar-refractivity contribution in [1.82, 2.24) is 16.0 Å². The second-order valence-electron chi connectivity index (χ2n) is 2.79. The van der Waals surface area contributed by atoms with E-state index in [9.17, 15) is 0 Å². The molecule has 3 nitrogen and oxygen atoms in total. The predicted molar refractivity (Wildman–Crippen MR) is 46.3 cm³/mol. The minimum absolute atomic E-state index is 1.07. The largest absolute Gasteiger partial charge is 0.306 e. The summed E-state index contributed by atoms with van der Waals surface area (Å²) in [5, 5.41) is 2.10. The highest BCUT2D eigenvalue weighted by Gasteiger charge is 2.06. The molecular weight excluding hydrogens is 138 g/mol. The van der Waals surface area contributed by atoms with Crippen molar-refractivity contribution < 1.29 is 0 Å². The molecule has 0 aromatic carbocycles. The van der Waals surface area contributed by atoms with Crippen molar-refractivity contribution in [3.05, 3.63) is 11.9 Å². The van der Waals surface area contributed by atoms with Gasteiger partial charge in [-0.1, -0.05) is 20.3 Å². The van der Waals surface area contributed by atoms with Crippen molar-refractivity contribution in [2.24, 2.45) is 0 Å². The minimum Gasteiger partial charge on any atom is -0.306 e. The first-order valence-electron chi connectivity index (χ1n) is 4.35. The number of hydrogen-bond donors (Lipinski definition) is 2. The van der Waals surface area contributed by atoms with Gasteiger partial charge in [-0.2, -0.15) is 0 Å². The van der Waals surface area contributed by atoms with E-state index in [1.807, 2.05) is 0 Å². The summed E-state index contributed by atoms with van der Waals surface area (Å²) in [6, 6.07) is 0. The fraction of sp³-hybridized carbons (Fsp3) is 0.750. The third-order valence-corrected chi connectivity index (χ3v) is 1.81. The maximum Gasteiger partial charge on any atom is 0.0450 e. The van der Waals surface area contributed by atoms with Gasteiger partial charge in [-0.3, -0.25) is 5.01 Å². The summed E-state index contributed by atoms with van der Waals surface area (Å²) < 4.78 is 0. The van der Waals surface area contributed by atoms with Gasteiger partial charge < -0.3 is 5.43 Å². The van der Waals surface area contributed by atoms with Crippen molar-refractivity contribution in [2.75, 3.05) is 6.54 Å². The number of hydrazine groups is 2. The highest BCUT2D eigenvalue weighted by molar-refractivity contribution is 5.00. The first kappa shape index (κ1) is 8.40. The molecule has 1 heterocycles. The van der Waals surface area contributed by atoms with Gasteiger partial charge in [0.05, 0.1) is 0 Å². The van der Waals surface area contributed by atoms with E-state index in [1.54, 1.807) is 0 Å². The normalized spacial score (nSPS) is 16.5. The molecule has 0 saturated carbocycles. The molecule has 0 spiro atoms. The van der Waals surface area contributed by atoms with Crippen LogP contribution in [-0.4, -0.2) is 11.6 Å². The van der Waals surface area contributed by atoms with Crippen LogP contribution in [0.25, 0.3) is 0 Å². The van der Waals surface area contributed by atoms with E-state index in [0.717, 1.165) is 13.0 Å². The van der Waals surface area contributed by atoms with Gasteiger partial charge in [0, 0.05) is 18.4 Å². The van der Waals surface area contributed by atoms with E-state index in [1.165, 1.54) is 18.5 Å². The fourth-order valence-electron chi connectivity index (χ4n) is 1.02. The van der Waals surface area contributed by atoms with Crippen LogP contribution >= 0.6 is 0 Å². The quantitative estimate of drug-likeness (QED) is 0.642. The van der Waals surface area contributed by atoms with E-state index in [0.29, 0.717) is 0 Å². The molecule has 0 bridgehead atoms. The summed E-state index contributed by atoms with van der Waals surface area (Å²) in [6.07, 6.45) is 5.68. The van der Waals surface area contributed by atoms with Gasteiger partial charge in [0.25, 0.3) is 0 Å². The van der Waals surface area contributed by atoms with E-state index in [2.05, 4.69) is 36.0 Å². The summed E-state index contributed by atoms with van der Waals surface area (Å²) in [5.41, 5.74) is 7.45. The van der Waals surface area contributed by atoms with Gasteiger partial charge in [0.15, 0.2) is 0 Å². The first-order chi connectivity index (χ1) is 5.36. The van der Waals surface area contributed by atoms with Crippen LogP contribution in [0, 0.1) is 0 Å². The molecule has 0 aromatic rings. The maximum atomic E-state index is 3.10. The SMILES string of the molecule is CCCCN1C=C(CC)NN1. The molecule has 0 fully saturated rings. The van der Waals surface area contributed by atoms with Crippen LogP contribution in [0.4, 0.5) is 0 Å². The fourth-order valence-corrected chi connectivity index (χ4v) is 1.02. The number of nitrogens with one attached hydrogen (secondary N) is 2. The van der Waals surface area contributed by atoms with E-state index >= 15 is 0 Å². The average molecular weight is 155 g/mol. The molecule has 2 N–H and O–H groups in total. The highest BCUT2D eigenvalue weighted by Crippen LogP contribution is 2.03. The second-order valence-corrected chi connectivity index (χ2v) is 2.79. The smallest absolute Gasteiger partial charge is 0.0450 e. The lowest BCUT2D eigenvalue weighted by atomic mass is 10.3. The van der Waals surface area contributed by atoms with Crippen LogP contribution in [0.5, 0.6) is 0 Å². The van der Waals surface area contributed by atoms with Crippen molar-refractivity contribution in [3.63, 3.8) is 0 Å². The first-order valence-corrected chi connectivity index (χ1v) is 4.35. The lowest BCUT2D eigenvalue weighted by Crippen LogP contribution is -2.36. The van der Waals surface area contributed by atoms with Crippen molar-refractivity contribution in [3.8, 4) is 0 Å². The Kier molecular flexibility index (Phi) is 3.23. The number of nitrogens with zero attached hydrogens (tertiary/aromatic N) is 1. The maximum absolute atomic E-state index is 3.10. The third kappa shape index (κ3) is 2.42. The topological polar surface area (TPSA) is 27.3 Å². The van der Waals surface area contributed by atoms with Crippen molar-refractivity contribution in [2.45, 2.75) is 33.1 Å². The Morgan fingerprint density at radius 3 is 2.82 bits per heavy atom. The number of unbranched alkanes of at least 4 members (excludes halogenated alkanes) is 1. The van der Waals surface area contributed by atoms with Gasteiger partial charge in [-0.25, -0.2) is 0 Å². The molecule has 11 heavy (non-hydrogen) atoms. The van der Waals surface area contributed by atoms with Crippen LogP contribution < -0.4 is 11.0 Å². The second kappa shape index (κ2) is 4.23. The summed E-state index contributed by atoms with van der Waals surface area (Å²) in [6.45, 7) is 5.44. The summed E-state index contributed by atoms with van der Waals surface area (Å²) in [7, 11) is 0. The zero-order valence-corrected chi connectivity index (χ0v) is 7.35. The zero-order chi connectivity index (χ0) is 8.10. The Bertz CT molecular complexity index is 142. The monoisotopic (exact) mass is 155 g/mol. The molecule has 1 rings (SSSR count). The molecule has 0 aromatic heterocycles. The third-order valence-electron chi connectivity index (χ3n) is 1.81. The molecule has 0 radical (unpaired) electrons. The van der Waals surface area contributed by atoms with Crippen molar-refractivity contribution >= 4 is 0 Å². The minimum atomic E-state index is 1.07. The molecule has 0 atom stereocenters. The van der Waals surface area contributed by atoms with E-state index < -0.39 is 0 Å². The molecule has 0 unspecified atom stereocenters. The lowest BCUT2D eigenvalue weighted by Gasteiger charge is -2.13.